The van der Waals surface area contributed by atoms with Crippen LogP contribution in [0.5, 0.6) is 0 Å². The molecule has 32 heavy (non-hydrogen) atoms. The highest BCUT2D eigenvalue weighted by Gasteiger charge is 2.21. The van der Waals surface area contributed by atoms with Crippen molar-refractivity contribution in [3.8, 4) is 22.2 Å². The van der Waals surface area contributed by atoms with Gasteiger partial charge in [0, 0.05) is 31.1 Å². The first-order valence-corrected chi connectivity index (χ1v) is 11.0. The van der Waals surface area contributed by atoms with Crippen LogP contribution in [0.3, 0.4) is 0 Å². The zero-order valence-electron chi connectivity index (χ0n) is 17.3. The quantitative estimate of drug-likeness (QED) is 0.472. The molecule has 0 aliphatic carbocycles. The molecule has 0 bridgehead atoms. The summed E-state index contributed by atoms with van der Waals surface area (Å²) in [7, 11) is 0. The molecule has 0 aromatic carbocycles. The monoisotopic (exact) mass is 452 g/mol. The minimum absolute atomic E-state index is 0.0457. The fourth-order valence-electron chi connectivity index (χ4n) is 3.65. The van der Waals surface area contributed by atoms with Crippen molar-refractivity contribution in [2.75, 3.05) is 13.2 Å². The van der Waals surface area contributed by atoms with Crippen LogP contribution >= 0.6 is 11.3 Å². The van der Waals surface area contributed by atoms with E-state index >= 15 is 0 Å². The molecule has 0 unspecified atom stereocenters. The molecule has 5 rings (SSSR count). The first kappa shape index (κ1) is 20.5. The third-order valence-corrected chi connectivity index (χ3v) is 6.53. The average Bonchev–Trinajstić information content (AvgIpc) is 3.55. The number of nitrogens with zero attached hydrogens (tertiary/aromatic N) is 5. The van der Waals surface area contributed by atoms with E-state index in [0.29, 0.717) is 38.9 Å². The molecular weight excluding hydrogens is 432 g/mol. The summed E-state index contributed by atoms with van der Waals surface area (Å²) in [4.78, 5) is 39.5. The molecule has 11 heteroatoms. The molecule has 0 saturated carbocycles. The molecule has 1 aliphatic heterocycles. The van der Waals surface area contributed by atoms with Crippen molar-refractivity contribution < 1.29 is 14.1 Å². The average molecular weight is 452 g/mol. The molecule has 5 heterocycles. The smallest absolute Gasteiger partial charge is 0.268 e. The predicted octanol–water partition coefficient (Wildman–Crippen LogP) is 2.17. The molecule has 1 atom stereocenters. The summed E-state index contributed by atoms with van der Waals surface area (Å²) < 4.78 is 12.3. The maximum Gasteiger partial charge on any atom is 0.268 e. The summed E-state index contributed by atoms with van der Waals surface area (Å²) in [5, 5.41) is 7.31. The van der Waals surface area contributed by atoms with Gasteiger partial charge in [0.25, 0.3) is 11.4 Å². The number of pyridine rings is 1. The van der Waals surface area contributed by atoms with Gasteiger partial charge in [-0.25, -0.2) is 4.98 Å². The molecule has 1 N–H and O–H groups in total. The van der Waals surface area contributed by atoms with Crippen molar-refractivity contribution in [3.63, 3.8) is 0 Å². The van der Waals surface area contributed by atoms with Gasteiger partial charge in [-0.05, 0) is 37.5 Å². The van der Waals surface area contributed by atoms with Gasteiger partial charge in [-0.15, -0.1) is 11.3 Å². The van der Waals surface area contributed by atoms with Gasteiger partial charge in [-0.3, -0.25) is 19.1 Å². The van der Waals surface area contributed by atoms with Crippen molar-refractivity contribution >= 4 is 27.5 Å². The second-order valence-electron chi connectivity index (χ2n) is 7.51. The van der Waals surface area contributed by atoms with Crippen molar-refractivity contribution in [1.82, 2.24) is 30.0 Å². The number of carbonyl (C=O) groups is 1. The predicted molar refractivity (Wildman–Crippen MR) is 117 cm³/mol. The Kier molecular flexibility index (Phi) is 5.50. The normalized spacial score (nSPS) is 16.0. The van der Waals surface area contributed by atoms with E-state index in [1.54, 1.807) is 24.5 Å². The summed E-state index contributed by atoms with van der Waals surface area (Å²) in [6.07, 6.45) is 6.68. The molecule has 1 amide bonds. The lowest BCUT2D eigenvalue weighted by molar-refractivity contribution is -0.122. The fraction of sp³-hybridized carbons (Fsp3) is 0.333. The zero-order chi connectivity index (χ0) is 22.1. The van der Waals surface area contributed by atoms with Gasteiger partial charge in [0.05, 0.1) is 22.7 Å². The van der Waals surface area contributed by atoms with Crippen LogP contribution < -0.4 is 10.9 Å². The first-order chi connectivity index (χ1) is 15.6. The van der Waals surface area contributed by atoms with E-state index in [9.17, 15) is 9.59 Å². The summed E-state index contributed by atoms with van der Waals surface area (Å²) in [5.74, 6) is 0.501. The number of hydrogen-bond donors (Lipinski definition) is 1. The van der Waals surface area contributed by atoms with Gasteiger partial charge >= 0.3 is 0 Å². The van der Waals surface area contributed by atoms with Crippen LogP contribution in [0.15, 0.2) is 40.2 Å². The number of amides is 1. The number of nitrogens with one attached hydrogen (secondary N) is 1. The first-order valence-electron chi connectivity index (χ1n) is 10.2. The summed E-state index contributed by atoms with van der Waals surface area (Å²) in [5.41, 5.74) is 1.20. The maximum atomic E-state index is 13.1. The molecule has 1 saturated heterocycles. The molecule has 1 aliphatic rings. The molecule has 0 radical (unpaired) electrons. The second kappa shape index (κ2) is 8.60. The van der Waals surface area contributed by atoms with E-state index in [-0.39, 0.29) is 24.1 Å². The van der Waals surface area contributed by atoms with Gasteiger partial charge in [0.1, 0.15) is 11.4 Å². The van der Waals surface area contributed by atoms with Gasteiger partial charge < -0.3 is 14.6 Å². The van der Waals surface area contributed by atoms with Gasteiger partial charge in [-0.1, -0.05) is 5.16 Å². The van der Waals surface area contributed by atoms with Crippen molar-refractivity contribution in [1.29, 1.82) is 0 Å². The number of aromatic nitrogens is 5. The van der Waals surface area contributed by atoms with Crippen LogP contribution in [0.2, 0.25) is 0 Å². The van der Waals surface area contributed by atoms with E-state index in [1.807, 2.05) is 6.92 Å². The number of thiophene rings is 1. The Morgan fingerprint density at radius 1 is 1.34 bits per heavy atom. The zero-order valence-corrected chi connectivity index (χ0v) is 18.1. The summed E-state index contributed by atoms with van der Waals surface area (Å²) in [6, 6.07) is 3.58. The van der Waals surface area contributed by atoms with Crippen molar-refractivity contribution in [2.24, 2.45) is 0 Å². The largest absolute Gasteiger partial charge is 0.376 e. The summed E-state index contributed by atoms with van der Waals surface area (Å²) >= 11 is 1.30. The SMILES string of the molecule is Cc1c(-c2nc(-c3ccncc3)no2)sc2ncn(CC(=O)NC[C@H]3CCCO3)c(=O)c12. The Bertz CT molecular complexity index is 1320. The van der Waals surface area contributed by atoms with E-state index in [2.05, 4.69) is 25.4 Å². The number of ether oxygens (including phenoxy) is 1. The number of hydrogen-bond acceptors (Lipinski definition) is 9. The molecule has 1 fully saturated rings. The van der Waals surface area contributed by atoms with Crippen LogP contribution in [0.4, 0.5) is 0 Å². The number of carbonyl (C=O) groups excluding carboxylic acids is 1. The molecular formula is C21H20N6O4S. The van der Waals surface area contributed by atoms with Crippen LogP contribution in [-0.4, -0.2) is 49.8 Å². The second-order valence-corrected chi connectivity index (χ2v) is 8.51. The Hall–Kier alpha value is -3.44. The molecule has 4 aromatic rings. The fourth-order valence-corrected chi connectivity index (χ4v) is 4.71. The Labute approximate surface area is 186 Å². The number of rotatable bonds is 6. The van der Waals surface area contributed by atoms with Crippen LogP contribution in [0, 0.1) is 6.92 Å². The molecule has 0 spiro atoms. The van der Waals surface area contributed by atoms with E-state index in [1.165, 1.54) is 22.2 Å². The minimum Gasteiger partial charge on any atom is -0.376 e. The Morgan fingerprint density at radius 2 is 2.19 bits per heavy atom. The van der Waals surface area contributed by atoms with Crippen molar-refractivity contribution in [2.45, 2.75) is 32.4 Å². The van der Waals surface area contributed by atoms with Crippen LogP contribution in [0.1, 0.15) is 18.4 Å². The molecule has 4 aromatic heterocycles. The highest BCUT2D eigenvalue weighted by molar-refractivity contribution is 7.22. The lowest BCUT2D eigenvalue weighted by Crippen LogP contribution is -2.36. The molecule has 10 nitrogen and oxygen atoms in total. The summed E-state index contributed by atoms with van der Waals surface area (Å²) in [6.45, 7) is 2.88. The Morgan fingerprint density at radius 3 is 2.97 bits per heavy atom. The Balaban J connectivity index is 1.39. The molecule has 164 valence electrons. The lowest BCUT2D eigenvalue weighted by atomic mass is 10.2. The highest BCUT2D eigenvalue weighted by Crippen LogP contribution is 2.35. The van der Waals surface area contributed by atoms with E-state index in [4.69, 9.17) is 9.26 Å². The van der Waals surface area contributed by atoms with Gasteiger partial charge in [-0.2, -0.15) is 4.98 Å². The van der Waals surface area contributed by atoms with Crippen LogP contribution in [0.25, 0.3) is 32.4 Å². The van der Waals surface area contributed by atoms with Gasteiger partial charge in [0.15, 0.2) is 0 Å². The number of fused-ring (bicyclic) bond motifs is 1. The topological polar surface area (TPSA) is 125 Å². The number of aryl methyl sites for hydroxylation is 1. The lowest BCUT2D eigenvalue weighted by Gasteiger charge is -2.11. The highest BCUT2D eigenvalue weighted by atomic mass is 32.1. The van der Waals surface area contributed by atoms with E-state index in [0.717, 1.165) is 25.0 Å². The van der Waals surface area contributed by atoms with E-state index < -0.39 is 0 Å². The minimum atomic E-state index is -0.281. The van der Waals surface area contributed by atoms with Gasteiger partial charge in [0.2, 0.25) is 11.7 Å². The third kappa shape index (κ3) is 3.92. The maximum absolute atomic E-state index is 13.1. The van der Waals surface area contributed by atoms with Crippen LogP contribution in [-0.2, 0) is 16.1 Å². The standard InChI is InChI=1S/C21H20N6O4S/c1-12-16-20(32-17(12)19-25-18(26-31-19)13-4-6-22-7-5-13)24-11-27(21(16)29)10-15(28)23-9-14-3-2-8-30-14/h4-7,11,14H,2-3,8-10H2,1H3,(H,23,28)/t14-/m1/s1. The van der Waals surface area contributed by atoms with Crippen molar-refractivity contribution in [3.05, 3.63) is 46.8 Å². The third-order valence-electron chi connectivity index (χ3n) is 5.34.